The van der Waals surface area contributed by atoms with Gasteiger partial charge in [0.05, 0.1) is 5.69 Å². The first-order valence-corrected chi connectivity index (χ1v) is 10.2. The number of nitrogens with zero attached hydrogens (tertiary/aromatic N) is 1. The smallest absolute Gasteiger partial charge is 0.407 e. The third-order valence-corrected chi connectivity index (χ3v) is 4.41. The van der Waals surface area contributed by atoms with Crippen molar-refractivity contribution in [3.63, 3.8) is 0 Å². The van der Waals surface area contributed by atoms with Crippen LogP contribution in [0.1, 0.15) is 20.8 Å². The Morgan fingerprint density at radius 3 is 2.31 bits per heavy atom. The highest BCUT2D eigenvalue weighted by molar-refractivity contribution is 7.80. The van der Waals surface area contributed by atoms with Gasteiger partial charge in [0.15, 0.2) is 5.11 Å². The molecule has 0 radical (unpaired) electrons. The number of hydrogen-bond acceptors (Lipinski definition) is 6. The van der Waals surface area contributed by atoms with Crippen molar-refractivity contribution in [2.45, 2.75) is 26.4 Å². The molecule has 1 aliphatic rings. The number of thiocarbonyl (C=S) groups is 1. The van der Waals surface area contributed by atoms with Crippen molar-refractivity contribution in [1.82, 2.24) is 10.6 Å². The number of carbonyl (C=O) groups excluding carboxylic acids is 3. The fourth-order valence-corrected chi connectivity index (χ4v) is 3.06. The molecular formula is C23H23N3O5S. The van der Waals surface area contributed by atoms with Gasteiger partial charge in [0, 0.05) is 6.54 Å². The summed E-state index contributed by atoms with van der Waals surface area (Å²) < 4.78 is 10.9. The fraction of sp³-hybridized carbons (Fsp3) is 0.217. The molecule has 2 N–H and O–H groups in total. The summed E-state index contributed by atoms with van der Waals surface area (Å²) in [5, 5.41) is 4.95. The number of amides is 3. The average Bonchev–Trinajstić information content (AvgIpc) is 2.71. The summed E-state index contributed by atoms with van der Waals surface area (Å²) >= 11 is 5.19. The van der Waals surface area contributed by atoms with Crippen molar-refractivity contribution >= 4 is 40.9 Å². The number of nitrogens with one attached hydrogen (secondary N) is 2. The van der Waals surface area contributed by atoms with Crippen LogP contribution >= 0.6 is 12.2 Å². The summed E-state index contributed by atoms with van der Waals surface area (Å²) in [6.45, 7) is 5.14. The minimum Gasteiger partial charge on any atom is -0.457 e. The van der Waals surface area contributed by atoms with Crippen LogP contribution in [0.25, 0.3) is 0 Å². The van der Waals surface area contributed by atoms with Crippen molar-refractivity contribution in [2.24, 2.45) is 0 Å². The van der Waals surface area contributed by atoms with E-state index in [0.717, 1.165) is 0 Å². The maximum Gasteiger partial charge on any atom is 0.407 e. The molecule has 0 unspecified atom stereocenters. The van der Waals surface area contributed by atoms with Gasteiger partial charge in [-0.15, -0.1) is 0 Å². The molecule has 2 aromatic carbocycles. The zero-order chi connectivity index (χ0) is 23.3. The zero-order valence-corrected chi connectivity index (χ0v) is 18.7. The van der Waals surface area contributed by atoms with E-state index in [1.165, 1.54) is 11.0 Å². The van der Waals surface area contributed by atoms with Crippen molar-refractivity contribution in [3.8, 4) is 11.5 Å². The van der Waals surface area contributed by atoms with Crippen LogP contribution in [0.2, 0.25) is 0 Å². The largest absolute Gasteiger partial charge is 0.457 e. The van der Waals surface area contributed by atoms with Crippen LogP contribution in [0.3, 0.4) is 0 Å². The number of alkyl carbamates (subject to hydrolysis) is 1. The van der Waals surface area contributed by atoms with Gasteiger partial charge in [-0.3, -0.25) is 19.8 Å². The second kappa shape index (κ2) is 9.61. The quantitative estimate of drug-likeness (QED) is 0.407. The summed E-state index contributed by atoms with van der Waals surface area (Å²) in [4.78, 5) is 38.2. The lowest BCUT2D eigenvalue weighted by Crippen LogP contribution is -2.54. The molecule has 1 fully saturated rings. The third-order valence-electron chi connectivity index (χ3n) is 4.13. The zero-order valence-electron chi connectivity index (χ0n) is 17.9. The van der Waals surface area contributed by atoms with Crippen LogP contribution in [0.5, 0.6) is 11.5 Å². The van der Waals surface area contributed by atoms with E-state index in [0.29, 0.717) is 17.2 Å². The minimum absolute atomic E-state index is 0.0334. The number of anilines is 1. The summed E-state index contributed by atoms with van der Waals surface area (Å²) in [6, 6.07) is 16.0. The molecule has 3 amide bonds. The number of para-hydroxylation sites is 1. The van der Waals surface area contributed by atoms with Gasteiger partial charge in [-0.2, -0.15) is 0 Å². The van der Waals surface area contributed by atoms with E-state index < -0.39 is 23.5 Å². The molecule has 32 heavy (non-hydrogen) atoms. The van der Waals surface area contributed by atoms with Gasteiger partial charge in [0.2, 0.25) is 0 Å². The monoisotopic (exact) mass is 453 g/mol. The minimum atomic E-state index is -0.658. The highest BCUT2D eigenvalue weighted by Crippen LogP contribution is 2.26. The fourth-order valence-electron chi connectivity index (χ4n) is 2.78. The van der Waals surface area contributed by atoms with Gasteiger partial charge >= 0.3 is 6.09 Å². The first-order chi connectivity index (χ1) is 15.1. The normalized spacial score (nSPS) is 15.4. The molecule has 1 aliphatic heterocycles. The summed E-state index contributed by atoms with van der Waals surface area (Å²) in [6.07, 6.45) is 0.669. The van der Waals surface area contributed by atoms with Gasteiger partial charge in [0.25, 0.3) is 11.8 Å². The van der Waals surface area contributed by atoms with Crippen molar-refractivity contribution < 1.29 is 23.9 Å². The van der Waals surface area contributed by atoms with E-state index in [9.17, 15) is 14.4 Å². The molecular weight excluding hydrogens is 430 g/mol. The number of ether oxygens (including phenoxy) is 2. The molecule has 166 valence electrons. The predicted octanol–water partition coefficient (Wildman–Crippen LogP) is 3.68. The third kappa shape index (κ3) is 5.92. The van der Waals surface area contributed by atoms with Crippen molar-refractivity contribution in [3.05, 3.63) is 66.2 Å². The second-order valence-electron chi connectivity index (χ2n) is 7.81. The summed E-state index contributed by atoms with van der Waals surface area (Å²) in [7, 11) is 0. The van der Waals surface area contributed by atoms with E-state index in [1.54, 1.807) is 45.0 Å². The van der Waals surface area contributed by atoms with Crippen LogP contribution in [0.4, 0.5) is 10.5 Å². The molecule has 1 saturated heterocycles. The number of rotatable bonds is 5. The maximum atomic E-state index is 13.0. The van der Waals surface area contributed by atoms with E-state index in [1.807, 2.05) is 30.3 Å². The Labute approximate surface area is 191 Å². The van der Waals surface area contributed by atoms with Crippen LogP contribution in [0.15, 0.2) is 66.2 Å². The van der Waals surface area contributed by atoms with Gasteiger partial charge in [-0.25, -0.2) is 4.79 Å². The van der Waals surface area contributed by atoms with Crippen LogP contribution in [0, 0.1) is 0 Å². The molecule has 8 nitrogen and oxygen atoms in total. The predicted molar refractivity (Wildman–Crippen MR) is 124 cm³/mol. The summed E-state index contributed by atoms with van der Waals surface area (Å²) in [5.41, 5.74) is -0.333. The number of carbonyl (C=O) groups is 3. The van der Waals surface area contributed by atoms with Gasteiger partial charge in [-0.05, 0) is 75.5 Å². The van der Waals surface area contributed by atoms with Gasteiger partial charge in [0.1, 0.15) is 22.7 Å². The molecule has 0 spiro atoms. The van der Waals surface area contributed by atoms with E-state index in [4.69, 9.17) is 21.7 Å². The van der Waals surface area contributed by atoms with Gasteiger partial charge < -0.3 is 14.8 Å². The van der Waals surface area contributed by atoms with E-state index in [-0.39, 0.29) is 17.2 Å². The topological polar surface area (TPSA) is 97.0 Å². The van der Waals surface area contributed by atoms with Crippen molar-refractivity contribution in [2.75, 3.05) is 11.4 Å². The van der Waals surface area contributed by atoms with Crippen LogP contribution in [-0.2, 0) is 14.3 Å². The van der Waals surface area contributed by atoms with E-state index in [2.05, 4.69) is 10.6 Å². The lowest BCUT2D eigenvalue weighted by molar-refractivity contribution is -0.122. The molecule has 0 bridgehead atoms. The molecule has 2 aromatic rings. The second-order valence-corrected chi connectivity index (χ2v) is 8.20. The Morgan fingerprint density at radius 2 is 1.69 bits per heavy atom. The first-order valence-electron chi connectivity index (χ1n) is 9.84. The molecule has 1 heterocycles. The Balaban J connectivity index is 1.71. The molecule has 0 aliphatic carbocycles. The standard InChI is InChI=1S/C23H23N3O5S/c1-23(2,3)31-22(29)24-14-13-18-19(27)25-21(32)26(20(18)28)15-9-11-17(12-10-15)30-16-7-5-4-6-8-16/h4-13H,14H2,1-3H3,(H,24,29)(H,25,27,32)/b18-13+. The highest BCUT2D eigenvalue weighted by Gasteiger charge is 2.34. The summed E-state index contributed by atoms with van der Waals surface area (Å²) in [5.74, 6) is 0.0317. The Kier molecular flexibility index (Phi) is 6.89. The number of benzene rings is 2. The highest BCUT2D eigenvalue weighted by atomic mass is 32.1. The average molecular weight is 454 g/mol. The van der Waals surface area contributed by atoms with Crippen LogP contribution < -0.4 is 20.3 Å². The van der Waals surface area contributed by atoms with Crippen molar-refractivity contribution in [1.29, 1.82) is 0 Å². The molecule has 9 heteroatoms. The lowest BCUT2D eigenvalue weighted by Gasteiger charge is -2.29. The SMILES string of the molecule is CC(C)(C)OC(=O)NC/C=C1\C(=O)NC(=S)N(c2ccc(Oc3ccccc3)cc2)C1=O. The molecule has 0 saturated carbocycles. The number of hydrogen-bond donors (Lipinski definition) is 2. The van der Waals surface area contributed by atoms with Crippen LogP contribution in [-0.4, -0.2) is 35.2 Å². The van der Waals surface area contributed by atoms with Gasteiger partial charge in [-0.1, -0.05) is 18.2 Å². The molecule has 0 atom stereocenters. The molecule has 0 aromatic heterocycles. The maximum absolute atomic E-state index is 13.0. The van der Waals surface area contributed by atoms with E-state index >= 15 is 0 Å². The Morgan fingerprint density at radius 1 is 1.06 bits per heavy atom. The lowest BCUT2D eigenvalue weighted by atomic mass is 10.1. The first kappa shape index (κ1) is 23.0. The Bertz CT molecular complexity index is 1060. The Hall–Kier alpha value is -3.72. The molecule has 3 rings (SSSR count).